The maximum Gasteiger partial charge on any atom is 0.433 e. The van der Waals surface area contributed by atoms with Crippen molar-refractivity contribution >= 4 is 28.6 Å². The first-order valence-corrected chi connectivity index (χ1v) is 11.8. The van der Waals surface area contributed by atoms with Crippen molar-refractivity contribution in [1.82, 2.24) is 15.6 Å². The average molecular weight is 505 g/mol. The van der Waals surface area contributed by atoms with Gasteiger partial charge < -0.3 is 25.8 Å². The molecule has 1 atom stereocenters. The van der Waals surface area contributed by atoms with Crippen LogP contribution in [0.4, 0.5) is 13.2 Å². The number of aromatic nitrogens is 1. The summed E-state index contributed by atoms with van der Waals surface area (Å²) in [6.07, 6.45) is -3.50. The van der Waals surface area contributed by atoms with E-state index in [1.165, 1.54) is 19.2 Å². The lowest BCUT2D eigenvalue weighted by Gasteiger charge is -2.18. The van der Waals surface area contributed by atoms with Crippen LogP contribution in [-0.4, -0.2) is 30.8 Å². The maximum absolute atomic E-state index is 13.2. The second kappa shape index (κ2) is 10.0. The number of fused-ring (bicyclic) bond motifs is 1. The van der Waals surface area contributed by atoms with Gasteiger partial charge in [-0.2, -0.15) is 13.2 Å². The molecular weight excluding hydrogens is 481 g/mol. The monoisotopic (exact) mass is 504 g/mol. The number of methoxy groups -OCH3 is 1. The van der Waals surface area contributed by atoms with Gasteiger partial charge in [-0.25, -0.2) is 4.98 Å². The van der Waals surface area contributed by atoms with Gasteiger partial charge in [0.05, 0.1) is 13.7 Å². The number of amides is 1. The number of benzene rings is 2. The molecule has 11 heteroatoms. The number of carbonyl (C=O) groups excluding carboxylic acids is 1. The molecule has 0 saturated carbocycles. The molecule has 1 aromatic heterocycles. The molecule has 35 heavy (non-hydrogen) atoms. The molecule has 3 aromatic rings. The van der Waals surface area contributed by atoms with Crippen LogP contribution in [0.2, 0.25) is 0 Å². The highest BCUT2D eigenvalue weighted by Gasteiger charge is 2.34. The molecular formula is C24H23F3N4O3S. The summed E-state index contributed by atoms with van der Waals surface area (Å²) in [7, 11) is 1.35. The van der Waals surface area contributed by atoms with Gasteiger partial charge in [0.2, 0.25) is 0 Å². The molecule has 1 unspecified atom stereocenters. The predicted octanol–water partition coefficient (Wildman–Crippen LogP) is 4.09. The number of alkyl halides is 3. The number of carbonyl (C=O) groups is 1. The Kier molecular flexibility index (Phi) is 7.08. The molecule has 7 nitrogen and oxygen atoms in total. The first-order chi connectivity index (χ1) is 16.8. The van der Waals surface area contributed by atoms with Crippen LogP contribution in [0, 0.1) is 0 Å². The molecule has 0 aliphatic carbocycles. The number of pyridine rings is 1. The van der Waals surface area contributed by atoms with Crippen molar-refractivity contribution in [1.29, 1.82) is 0 Å². The van der Waals surface area contributed by atoms with Gasteiger partial charge in [0.1, 0.15) is 28.4 Å². The van der Waals surface area contributed by atoms with Crippen LogP contribution < -0.4 is 21.1 Å². The van der Waals surface area contributed by atoms with Crippen LogP contribution in [-0.2, 0) is 22.3 Å². The number of rotatable bonds is 7. The molecule has 2 heterocycles. The Morgan fingerprint density at radius 2 is 2.00 bits per heavy atom. The zero-order valence-corrected chi connectivity index (χ0v) is 19.7. The van der Waals surface area contributed by atoms with Gasteiger partial charge in [0, 0.05) is 22.4 Å². The van der Waals surface area contributed by atoms with Crippen molar-refractivity contribution < 1.29 is 27.4 Å². The van der Waals surface area contributed by atoms with E-state index in [1.54, 1.807) is 17.8 Å². The van der Waals surface area contributed by atoms with Crippen LogP contribution in [0.25, 0.3) is 10.9 Å². The SMILES string of the molecule is COc1ccc(C2NC(C(=O)NCc3ccccc3SC)=C(CN)O2)c2ccc(C(F)(F)F)nc12. The van der Waals surface area contributed by atoms with Crippen LogP contribution in [0.3, 0.4) is 0 Å². The summed E-state index contributed by atoms with van der Waals surface area (Å²) in [6, 6.07) is 13.1. The Bertz CT molecular complexity index is 1300. The number of ether oxygens (including phenoxy) is 2. The molecule has 0 bridgehead atoms. The molecule has 0 spiro atoms. The van der Waals surface area contributed by atoms with Crippen molar-refractivity contribution in [2.45, 2.75) is 23.8 Å². The Morgan fingerprint density at radius 1 is 1.23 bits per heavy atom. The molecule has 1 aliphatic heterocycles. The van der Waals surface area contributed by atoms with Gasteiger partial charge in [0.25, 0.3) is 5.91 Å². The van der Waals surface area contributed by atoms with Crippen LogP contribution >= 0.6 is 11.8 Å². The molecule has 1 aliphatic rings. The van der Waals surface area contributed by atoms with E-state index in [1.807, 2.05) is 30.5 Å². The summed E-state index contributed by atoms with van der Waals surface area (Å²) >= 11 is 1.58. The molecule has 184 valence electrons. The number of nitrogens with one attached hydrogen (secondary N) is 2. The van der Waals surface area contributed by atoms with Gasteiger partial charge in [-0.1, -0.05) is 24.3 Å². The van der Waals surface area contributed by atoms with Gasteiger partial charge in [-0.3, -0.25) is 4.79 Å². The fourth-order valence-corrected chi connectivity index (χ4v) is 4.42. The quantitative estimate of drug-likeness (QED) is 0.417. The van der Waals surface area contributed by atoms with Crippen molar-refractivity contribution in [3.05, 3.63) is 76.8 Å². The van der Waals surface area contributed by atoms with E-state index in [4.69, 9.17) is 15.2 Å². The van der Waals surface area contributed by atoms with E-state index in [0.717, 1.165) is 16.5 Å². The van der Waals surface area contributed by atoms with E-state index >= 15 is 0 Å². The minimum Gasteiger partial charge on any atom is -0.494 e. The first-order valence-electron chi connectivity index (χ1n) is 10.6. The molecule has 0 radical (unpaired) electrons. The zero-order valence-electron chi connectivity index (χ0n) is 18.9. The van der Waals surface area contributed by atoms with E-state index in [9.17, 15) is 18.0 Å². The van der Waals surface area contributed by atoms with Crippen LogP contribution in [0.5, 0.6) is 5.75 Å². The number of hydrogen-bond donors (Lipinski definition) is 3. The topological polar surface area (TPSA) is 98.5 Å². The summed E-state index contributed by atoms with van der Waals surface area (Å²) in [5.41, 5.74) is 6.44. The highest BCUT2D eigenvalue weighted by Crippen LogP contribution is 2.37. The fourth-order valence-electron chi connectivity index (χ4n) is 3.80. The summed E-state index contributed by atoms with van der Waals surface area (Å²) in [6.45, 7) is 0.261. The van der Waals surface area contributed by atoms with Gasteiger partial charge in [-0.05, 0) is 36.1 Å². The summed E-state index contributed by atoms with van der Waals surface area (Å²) < 4.78 is 50.8. The Labute approximate surface area is 203 Å². The van der Waals surface area contributed by atoms with Gasteiger partial charge in [-0.15, -0.1) is 11.8 Å². The largest absolute Gasteiger partial charge is 0.494 e. The average Bonchev–Trinajstić information content (AvgIpc) is 3.30. The Hall–Kier alpha value is -3.44. The first kappa shape index (κ1) is 24.7. The highest BCUT2D eigenvalue weighted by atomic mass is 32.2. The number of nitrogens with zero attached hydrogens (tertiary/aromatic N) is 1. The van der Waals surface area contributed by atoms with Crippen LogP contribution in [0.1, 0.15) is 23.0 Å². The fraction of sp³-hybridized carbons (Fsp3) is 0.250. The molecule has 1 amide bonds. The third kappa shape index (κ3) is 5.01. The number of nitrogens with two attached hydrogens (primary N) is 1. The Morgan fingerprint density at radius 3 is 2.69 bits per heavy atom. The lowest BCUT2D eigenvalue weighted by atomic mass is 10.1. The lowest BCUT2D eigenvalue weighted by Crippen LogP contribution is -2.31. The van der Waals surface area contributed by atoms with E-state index in [-0.39, 0.29) is 29.3 Å². The molecule has 4 rings (SSSR count). The van der Waals surface area contributed by atoms with Crippen molar-refractivity contribution in [3.8, 4) is 5.75 Å². The molecule has 0 saturated heterocycles. The highest BCUT2D eigenvalue weighted by molar-refractivity contribution is 7.98. The predicted molar refractivity (Wildman–Crippen MR) is 126 cm³/mol. The minimum absolute atomic E-state index is 0.0334. The molecule has 4 N–H and O–H groups in total. The lowest BCUT2D eigenvalue weighted by molar-refractivity contribution is -0.141. The number of hydrogen-bond acceptors (Lipinski definition) is 7. The van der Waals surface area contributed by atoms with Gasteiger partial charge in [0.15, 0.2) is 6.23 Å². The number of halogens is 3. The molecule has 0 fully saturated rings. The van der Waals surface area contributed by atoms with Crippen molar-refractivity contribution in [2.24, 2.45) is 5.73 Å². The van der Waals surface area contributed by atoms with Crippen LogP contribution in [0.15, 0.2) is 64.9 Å². The summed E-state index contributed by atoms with van der Waals surface area (Å²) in [5, 5.41) is 6.27. The van der Waals surface area contributed by atoms with E-state index in [2.05, 4.69) is 15.6 Å². The van der Waals surface area contributed by atoms with Crippen molar-refractivity contribution in [2.75, 3.05) is 19.9 Å². The third-order valence-electron chi connectivity index (χ3n) is 5.51. The van der Waals surface area contributed by atoms with E-state index in [0.29, 0.717) is 17.5 Å². The normalized spacial score (nSPS) is 15.7. The second-order valence-corrected chi connectivity index (χ2v) is 8.43. The number of thioether (sulfide) groups is 1. The maximum atomic E-state index is 13.2. The zero-order chi connectivity index (χ0) is 25.2. The second-order valence-electron chi connectivity index (χ2n) is 7.59. The smallest absolute Gasteiger partial charge is 0.433 e. The summed E-state index contributed by atoms with van der Waals surface area (Å²) in [4.78, 5) is 17.8. The standard InChI is InChI=1S/C24H23F3N4O3S/c1-33-16-9-7-15(14-8-10-19(24(25,26)27)30-20(14)16)23-31-21(17(11-28)34-23)22(32)29-12-13-5-3-4-6-18(13)35-2/h3-10,23,31H,11-12,28H2,1-2H3,(H,29,32). The minimum atomic E-state index is -4.61. The molecule has 2 aromatic carbocycles. The third-order valence-corrected chi connectivity index (χ3v) is 6.34. The van der Waals surface area contributed by atoms with Crippen molar-refractivity contribution in [3.63, 3.8) is 0 Å². The van der Waals surface area contributed by atoms with E-state index < -0.39 is 24.0 Å². The van der Waals surface area contributed by atoms with Gasteiger partial charge >= 0.3 is 6.18 Å². The summed E-state index contributed by atoms with van der Waals surface area (Å²) in [5.74, 6) is 0.0268. The Balaban J connectivity index is 1.60.